The van der Waals surface area contributed by atoms with E-state index in [1.165, 1.54) is 0 Å². The highest BCUT2D eigenvalue weighted by atomic mass is 16.6. The Balaban J connectivity index is 1.97. The molecule has 0 saturated heterocycles. The zero-order valence-corrected chi connectivity index (χ0v) is 12.6. The molecule has 1 aliphatic heterocycles. The lowest BCUT2D eigenvalue weighted by Gasteiger charge is -2.30. The van der Waals surface area contributed by atoms with E-state index >= 15 is 0 Å². The second-order valence-electron chi connectivity index (χ2n) is 5.26. The summed E-state index contributed by atoms with van der Waals surface area (Å²) in [6, 6.07) is 11.7. The van der Waals surface area contributed by atoms with Gasteiger partial charge in [0.25, 0.3) is 5.91 Å². The third-order valence-electron chi connectivity index (χ3n) is 3.68. The van der Waals surface area contributed by atoms with Gasteiger partial charge in [0.15, 0.2) is 5.84 Å². The Morgan fingerprint density at radius 1 is 1.23 bits per heavy atom. The molecule has 1 aromatic heterocycles. The van der Waals surface area contributed by atoms with Crippen LogP contribution in [0.5, 0.6) is 0 Å². The van der Waals surface area contributed by atoms with Gasteiger partial charge in [0.1, 0.15) is 0 Å². The molecule has 0 fully saturated rings. The highest BCUT2D eigenvalue weighted by molar-refractivity contribution is 6.09. The van der Waals surface area contributed by atoms with E-state index in [9.17, 15) is 4.79 Å². The molecule has 0 bridgehead atoms. The van der Waals surface area contributed by atoms with Gasteiger partial charge in [-0.05, 0) is 37.1 Å². The maximum atomic E-state index is 12.5. The highest BCUT2D eigenvalue weighted by Gasteiger charge is 2.32. The summed E-state index contributed by atoms with van der Waals surface area (Å²) in [6.45, 7) is 4.20. The number of amides is 1. The zero-order valence-electron chi connectivity index (χ0n) is 12.6. The fourth-order valence-electron chi connectivity index (χ4n) is 2.36. The minimum Gasteiger partial charge on any atom is -0.381 e. The van der Waals surface area contributed by atoms with Gasteiger partial charge in [-0.3, -0.25) is 14.7 Å². The topological polar surface area (TPSA) is 54.8 Å². The van der Waals surface area contributed by atoms with Crippen molar-refractivity contribution >= 4 is 11.7 Å². The molecule has 5 nitrogen and oxygen atoms in total. The van der Waals surface area contributed by atoms with Crippen molar-refractivity contribution in [2.24, 2.45) is 5.16 Å². The van der Waals surface area contributed by atoms with Crippen LogP contribution in [0.4, 0.5) is 0 Å². The summed E-state index contributed by atoms with van der Waals surface area (Å²) >= 11 is 0. The molecule has 0 saturated carbocycles. The van der Waals surface area contributed by atoms with Gasteiger partial charge >= 0.3 is 0 Å². The van der Waals surface area contributed by atoms with Crippen molar-refractivity contribution in [2.75, 3.05) is 0 Å². The van der Waals surface area contributed by atoms with Gasteiger partial charge in [-0.2, -0.15) is 0 Å². The Morgan fingerprint density at radius 3 is 2.77 bits per heavy atom. The monoisotopic (exact) mass is 295 g/mol. The fraction of sp³-hybridized carbons (Fsp3) is 0.235. The van der Waals surface area contributed by atoms with Crippen molar-refractivity contribution < 1.29 is 9.63 Å². The van der Waals surface area contributed by atoms with Crippen LogP contribution < -0.4 is 0 Å². The van der Waals surface area contributed by atoms with Gasteiger partial charge in [0.2, 0.25) is 6.10 Å². The molecule has 0 N–H and O–H groups in total. The van der Waals surface area contributed by atoms with Crippen LogP contribution in [0.25, 0.3) is 0 Å². The molecule has 1 unspecified atom stereocenters. The molecule has 2 aromatic rings. The molecule has 1 atom stereocenters. The number of pyridine rings is 1. The average Bonchev–Trinajstić information content (AvgIpc) is 2.55. The average molecular weight is 295 g/mol. The molecule has 2 heterocycles. The van der Waals surface area contributed by atoms with Crippen molar-refractivity contribution in [3.8, 4) is 0 Å². The molecule has 0 aliphatic carbocycles. The van der Waals surface area contributed by atoms with Crippen LogP contribution in [-0.2, 0) is 16.2 Å². The maximum absolute atomic E-state index is 12.5. The molecule has 112 valence electrons. The minimum atomic E-state index is -0.579. The van der Waals surface area contributed by atoms with Gasteiger partial charge in [-0.1, -0.05) is 29.4 Å². The first-order valence-electron chi connectivity index (χ1n) is 7.17. The summed E-state index contributed by atoms with van der Waals surface area (Å²) in [4.78, 5) is 23.5. The smallest absolute Gasteiger partial charge is 0.272 e. The van der Waals surface area contributed by atoms with E-state index in [-0.39, 0.29) is 5.91 Å². The Hall–Kier alpha value is -2.69. The van der Waals surface area contributed by atoms with Gasteiger partial charge < -0.3 is 4.84 Å². The fourth-order valence-corrected chi connectivity index (χ4v) is 2.36. The van der Waals surface area contributed by atoms with E-state index < -0.39 is 6.10 Å². The lowest BCUT2D eigenvalue weighted by molar-refractivity contribution is -0.142. The highest BCUT2D eigenvalue weighted by Crippen LogP contribution is 2.19. The predicted molar refractivity (Wildman–Crippen MR) is 83.1 cm³/mol. The van der Waals surface area contributed by atoms with Crippen LogP contribution in [0.1, 0.15) is 23.6 Å². The maximum Gasteiger partial charge on any atom is 0.272 e. The Labute approximate surface area is 129 Å². The number of aryl methyl sites for hydroxylation is 1. The molecule has 5 heteroatoms. The predicted octanol–water partition coefficient (Wildman–Crippen LogP) is 2.50. The SMILES string of the molecule is Cc1ccccc1CN1C(=O)C(C)ON=C1c1cccnc1. The van der Waals surface area contributed by atoms with E-state index in [2.05, 4.69) is 10.1 Å². The Kier molecular flexibility index (Phi) is 3.87. The standard InChI is InChI=1S/C17H17N3O2/c1-12-6-3-4-7-15(12)11-20-16(14-8-5-9-18-10-14)19-22-13(2)17(20)21/h3-10,13H,11H2,1-2H3. The first-order valence-corrected chi connectivity index (χ1v) is 7.17. The van der Waals surface area contributed by atoms with Crippen molar-refractivity contribution in [2.45, 2.75) is 26.5 Å². The normalized spacial score (nSPS) is 17.9. The van der Waals surface area contributed by atoms with Crippen LogP contribution in [-0.4, -0.2) is 27.7 Å². The van der Waals surface area contributed by atoms with Crippen molar-refractivity contribution in [1.82, 2.24) is 9.88 Å². The van der Waals surface area contributed by atoms with Gasteiger partial charge in [-0.15, -0.1) is 0 Å². The van der Waals surface area contributed by atoms with E-state index in [0.717, 1.165) is 16.7 Å². The number of rotatable bonds is 3. The molecular formula is C17H17N3O2. The number of aromatic nitrogens is 1. The molecule has 3 rings (SSSR count). The number of carbonyl (C=O) groups is 1. The van der Waals surface area contributed by atoms with Gasteiger partial charge in [-0.25, -0.2) is 0 Å². The second-order valence-corrected chi connectivity index (χ2v) is 5.26. The van der Waals surface area contributed by atoms with Gasteiger partial charge in [0.05, 0.1) is 6.54 Å². The number of carbonyl (C=O) groups excluding carboxylic acids is 1. The van der Waals surface area contributed by atoms with E-state index in [1.54, 1.807) is 24.2 Å². The quantitative estimate of drug-likeness (QED) is 0.874. The van der Waals surface area contributed by atoms with Crippen LogP contribution >= 0.6 is 0 Å². The van der Waals surface area contributed by atoms with E-state index in [0.29, 0.717) is 12.4 Å². The number of oxime groups is 1. The number of benzene rings is 1. The van der Waals surface area contributed by atoms with E-state index in [1.807, 2.05) is 43.3 Å². The first kappa shape index (κ1) is 14.3. The Bertz CT molecular complexity index is 713. The zero-order chi connectivity index (χ0) is 15.5. The van der Waals surface area contributed by atoms with E-state index in [4.69, 9.17) is 4.84 Å². The largest absolute Gasteiger partial charge is 0.381 e. The lowest BCUT2D eigenvalue weighted by Crippen LogP contribution is -2.46. The summed E-state index contributed by atoms with van der Waals surface area (Å²) in [7, 11) is 0. The van der Waals surface area contributed by atoms with Crippen molar-refractivity contribution in [3.63, 3.8) is 0 Å². The Morgan fingerprint density at radius 2 is 2.05 bits per heavy atom. The molecule has 1 amide bonds. The summed E-state index contributed by atoms with van der Waals surface area (Å²) < 4.78 is 0. The van der Waals surface area contributed by atoms with Crippen LogP contribution in [0.3, 0.4) is 0 Å². The van der Waals surface area contributed by atoms with Crippen LogP contribution in [0, 0.1) is 6.92 Å². The van der Waals surface area contributed by atoms with Crippen LogP contribution in [0.2, 0.25) is 0 Å². The lowest BCUT2D eigenvalue weighted by atomic mass is 10.1. The molecule has 0 spiro atoms. The van der Waals surface area contributed by atoms with Crippen molar-refractivity contribution in [1.29, 1.82) is 0 Å². The summed E-state index contributed by atoms with van der Waals surface area (Å²) in [5, 5.41) is 4.12. The summed E-state index contributed by atoms with van der Waals surface area (Å²) in [5.41, 5.74) is 2.98. The number of hydrogen-bond acceptors (Lipinski definition) is 4. The molecule has 1 aromatic carbocycles. The number of nitrogens with zero attached hydrogens (tertiary/aromatic N) is 3. The second kappa shape index (κ2) is 5.97. The van der Waals surface area contributed by atoms with Crippen LogP contribution in [0.15, 0.2) is 53.9 Å². The molecule has 1 aliphatic rings. The summed E-state index contributed by atoms with van der Waals surface area (Å²) in [5.74, 6) is 0.400. The molecule has 22 heavy (non-hydrogen) atoms. The molecule has 0 radical (unpaired) electrons. The summed E-state index contributed by atoms with van der Waals surface area (Å²) in [6.07, 6.45) is 2.78. The first-order chi connectivity index (χ1) is 10.7. The third-order valence-corrected chi connectivity index (χ3v) is 3.68. The minimum absolute atomic E-state index is 0.0999. The van der Waals surface area contributed by atoms with Gasteiger partial charge in [0, 0.05) is 18.0 Å². The van der Waals surface area contributed by atoms with Crippen molar-refractivity contribution in [3.05, 3.63) is 65.5 Å². The number of amidine groups is 1. The third kappa shape index (κ3) is 2.70. The molecular weight excluding hydrogens is 278 g/mol. The number of hydrogen-bond donors (Lipinski definition) is 0.